The van der Waals surface area contributed by atoms with Gasteiger partial charge in [0.1, 0.15) is 0 Å². The van der Waals surface area contributed by atoms with Crippen molar-refractivity contribution in [1.29, 1.82) is 0 Å². The van der Waals surface area contributed by atoms with Crippen molar-refractivity contribution in [2.75, 3.05) is 6.16 Å². The van der Waals surface area contributed by atoms with Gasteiger partial charge in [-0.15, -0.1) is 0 Å². The van der Waals surface area contributed by atoms with Gasteiger partial charge in [-0.2, -0.15) is 21.6 Å². The third-order valence-electron chi connectivity index (χ3n) is 0.596. The van der Waals surface area contributed by atoms with E-state index in [1.807, 2.05) is 0 Å². The number of alkyl halides is 3. The smallest absolute Gasteiger partial charge is 0.244 e. The van der Waals surface area contributed by atoms with Gasteiger partial charge in [-0.05, 0) is 6.16 Å². The molecule has 68 valence electrons. The maximum atomic E-state index is 11.4. The molecule has 0 spiro atoms. The molecule has 0 radical (unpaired) electrons. The Labute approximate surface area is 63.9 Å². The molecule has 0 saturated heterocycles. The normalized spacial score (nSPS) is 14.5. The van der Waals surface area contributed by atoms with Crippen LogP contribution >= 0.6 is 8.81 Å². The molecule has 0 rings (SSSR count). The van der Waals surface area contributed by atoms with Crippen LogP contribution in [0, 0.1) is 0 Å². The molecule has 0 saturated carbocycles. The highest BCUT2D eigenvalue weighted by Crippen LogP contribution is 2.29. The van der Waals surface area contributed by atoms with Crippen LogP contribution in [0.2, 0.25) is 0 Å². The van der Waals surface area contributed by atoms with Crippen LogP contribution in [0.15, 0.2) is 0 Å². The van der Waals surface area contributed by atoms with Crippen molar-refractivity contribution in [3.8, 4) is 0 Å². The SMILES string of the molecule is CCPOS(=O)(=O)C(F)(F)F. The van der Waals surface area contributed by atoms with E-state index in [2.05, 4.69) is 3.97 Å². The zero-order valence-corrected chi connectivity index (χ0v) is 7.29. The third-order valence-corrected chi connectivity index (χ3v) is 2.80. The molecule has 3 nitrogen and oxygen atoms in total. The number of halogens is 3. The van der Waals surface area contributed by atoms with Crippen LogP contribution in [-0.2, 0) is 14.1 Å². The molecule has 0 aliphatic carbocycles. The molecule has 8 heteroatoms. The van der Waals surface area contributed by atoms with Crippen LogP contribution < -0.4 is 0 Å². The second kappa shape index (κ2) is 3.69. The van der Waals surface area contributed by atoms with Crippen molar-refractivity contribution < 1.29 is 25.6 Å². The Balaban J connectivity index is 4.26. The van der Waals surface area contributed by atoms with Gasteiger partial charge in [-0.1, -0.05) is 6.92 Å². The van der Waals surface area contributed by atoms with E-state index in [1.165, 1.54) is 6.92 Å². The van der Waals surface area contributed by atoms with Crippen molar-refractivity contribution in [2.24, 2.45) is 0 Å². The predicted octanol–water partition coefficient (Wildman–Crippen LogP) is 1.47. The standard InChI is InChI=1S/C3H6F3O3PS/c1-2-10-9-11(7,8)3(4,5)6/h10H,2H2,1H3. The first-order valence-electron chi connectivity index (χ1n) is 2.54. The molecule has 0 heterocycles. The van der Waals surface area contributed by atoms with Gasteiger partial charge in [0, 0.05) is 8.81 Å². The van der Waals surface area contributed by atoms with Crippen LogP contribution in [0.5, 0.6) is 0 Å². The lowest BCUT2D eigenvalue weighted by Crippen LogP contribution is -2.23. The number of hydrogen-bond donors (Lipinski definition) is 0. The Morgan fingerprint density at radius 1 is 1.45 bits per heavy atom. The minimum Gasteiger partial charge on any atom is -0.244 e. The highest BCUT2D eigenvalue weighted by molar-refractivity contribution is 7.90. The predicted molar refractivity (Wildman–Crippen MR) is 34.9 cm³/mol. The summed E-state index contributed by atoms with van der Waals surface area (Å²) in [6.45, 7) is 1.52. The molecule has 0 aliphatic heterocycles. The van der Waals surface area contributed by atoms with E-state index < -0.39 is 24.4 Å². The summed E-state index contributed by atoms with van der Waals surface area (Å²) in [6.07, 6.45) is 0.245. The summed E-state index contributed by atoms with van der Waals surface area (Å²) in [5.74, 6) is 0. The van der Waals surface area contributed by atoms with Gasteiger partial charge < -0.3 is 0 Å². The summed E-state index contributed by atoms with van der Waals surface area (Å²) >= 11 is 0. The van der Waals surface area contributed by atoms with Gasteiger partial charge in [0.05, 0.1) is 0 Å². The van der Waals surface area contributed by atoms with Gasteiger partial charge in [-0.25, -0.2) is 3.97 Å². The van der Waals surface area contributed by atoms with Gasteiger partial charge >= 0.3 is 15.6 Å². The van der Waals surface area contributed by atoms with Gasteiger partial charge in [-0.3, -0.25) is 0 Å². The molecular formula is C3H6F3O3PS. The largest absolute Gasteiger partial charge is 0.523 e. The van der Waals surface area contributed by atoms with Crippen molar-refractivity contribution in [1.82, 2.24) is 0 Å². The van der Waals surface area contributed by atoms with E-state index >= 15 is 0 Å². The van der Waals surface area contributed by atoms with E-state index in [-0.39, 0.29) is 6.16 Å². The summed E-state index contributed by atoms with van der Waals surface area (Å²) in [5, 5.41) is 0. The molecule has 0 fully saturated rings. The Morgan fingerprint density at radius 3 is 2.18 bits per heavy atom. The molecule has 0 aromatic heterocycles. The van der Waals surface area contributed by atoms with Crippen molar-refractivity contribution in [3.63, 3.8) is 0 Å². The summed E-state index contributed by atoms with van der Waals surface area (Å²) in [6, 6.07) is 0. The van der Waals surface area contributed by atoms with Crippen LogP contribution in [0.25, 0.3) is 0 Å². The first-order chi connectivity index (χ1) is 4.81. The molecule has 0 amide bonds. The van der Waals surface area contributed by atoms with Crippen LogP contribution in [0.4, 0.5) is 13.2 Å². The second-order valence-corrected chi connectivity index (χ2v) is 4.51. The van der Waals surface area contributed by atoms with Gasteiger partial charge in [0.15, 0.2) is 0 Å². The van der Waals surface area contributed by atoms with Crippen LogP contribution in [0.3, 0.4) is 0 Å². The Kier molecular flexibility index (Phi) is 3.73. The quantitative estimate of drug-likeness (QED) is 0.523. The lowest BCUT2D eigenvalue weighted by Gasteiger charge is -2.05. The van der Waals surface area contributed by atoms with Crippen LogP contribution in [-0.4, -0.2) is 20.1 Å². The van der Waals surface area contributed by atoms with Crippen molar-refractivity contribution in [3.05, 3.63) is 0 Å². The minimum atomic E-state index is -5.35. The summed E-state index contributed by atoms with van der Waals surface area (Å²) in [7, 11) is -6.02. The zero-order valence-electron chi connectivity index (χ0n) is 5.47. The fraction of sp³-hybridized carbons (Fsp3) is 1.00. The van der Waals surface area contributed by atoms with E-state index in [1.54, 1.807) is 0 Å². The third kappa shape index (κ3) is 3.35. The number of hydrogen-bond acceptors (Lipinski definition) is 3. The molecule has 1 unspecified atom stereocenters. The molecule has 0 bridgehead atoms. The molecule has 0 aliphatic rings. The lowest BCUT2D eigenvalue weighted by atomic mass is 11.0. The maximum Gasteiger partial charge on any atom is 0.523 e. The monoisotopic (exact) mass is 210 g/mol. The molecule has 11 heavy (non-hydrogen) atoms. The van der Waals surface area contributed by atoms with E-state index in [9.17, 15) is 21.6 Å². The van der Waals surface area contributed by atoms with Gasteiger partial charge in [0.2, 0.25) is 0 Å². The lowest BCUT2D eigenvalue weighted by molar-refractivity contribution is -0.0495. The molecule has 0 N–H and O–H groups in total. The Hall–Kier alpha value is 0.130. The summed E-state index contributed by atoms with van der Waals surface area (Å²) in [5.41, 5.74) is -5.30. The highest BCUT2D eigenvalue weighted by Gasteiger charge is 2.47. The molecule has 1 atom stereocenters. The van der Waals surface area contributed by atoms with E-state index in [0.717, 1.165) is 0 Å². The highest BCUT2D eigenvalue weighted by atomic mass is 32.2. The molecule has 0 aromatic rings. The van der Waals surface area contributed by atoms with E-state index in [0.29, 0.717) is 0 Å². The fourth-order valence-corrected chi connectivity index (χ4v) is 1.65. The second-order valence-electron chi connectivity index (χ2n) is 1.48. The molecular weight excluding hydrogens is 204 g/mol. The van der Waals surface area contributed by atoms with Gasteiger partial charge in [0.25, 0.3) is 0 Å². The minimum absolute atomic E-state index is 0.245. The first-order valence-corrected chi connectivity index (χ1v) is 5.06. The van der Waals surface area contributed by atoms with E-state index in [4.69, 9.17) is 0 Å². The average Bonchev–Trinajstić information content (AvgIpc) is 1.81. The fourth-order valence-electron chi connectivity index (χ4n) is 0.184. The first kappa shape index (κ1) is 11.1. The Morgan fingerprint density at radius 2 is 1.91 bits per heavy atom. The number of rotatable bonds is 3. The average molecular weight is 210 g/mol. The summed E-state index contributed by atoms with van der Waals surface area (Å²) < 4.78 is 58.1. The zero-order chi connectivity index (χ0) is 9.12. The Bertz CT molecular complexity index is 208. The topological polar surface area (TPSA) is 43.4 Å². The van der Waals surface area contributed by atoms with Crippen molar-refractivity contribution >= 4 is 18.9 Å². The maximum absolute atomic E-state index is 11.4. The van der Waals surface area contributed by atoms with Crippen molar-refractivity contribution in [2.45, 2.75) is 12.4 Å². The summed E-state index contributed by atoms with van der Waals surface area (Å²) in [4.78, 5) is 0. The van der Waals surface area contributed by atoms with Crippen LogP contribution in [0.1, 0.15) is 6.92 Å². The molecule has 0 aromatic carbocycles.